The summed E-state index contributed by atoms with van der Waals surface area (Å²) in [5.41, 5.74) is 0.764. The van der Waals surface area contributed by atoms with Crippen molar-refractivity contribution in [2.75, 3.05) is 4.72 Å². The highest BCUT2D eigenvalue weighted by Gasteiger charge is 2.18. The van der Waals surface area contributed by atoms with Crippen molar-refractivity contribution in [1.29, 1.82) is 0 Å². The smallest absolute Gasteiger partial charge is 0.255 e. The zero-order chi connectivity index (χ0) is 14.2. The zero-order valence-corrected chi connectivity index (χ0v) is 12.5. The first kappa shape index (κ1) is 14.2. The first-order chi connectivity index (χ1) is 8.79. The minimum atomic E-state index is -3.81. The Morgan fingerprint density at radius 3 is 2.58 bits per heavy atom. The fraction of sp³-hybridized carbons (Fsp3) is 0.182. The van der Waals surface area contributed by atoms with Crippen LogP contribution in [0, 0.1) is 19.7 Å². The van der Waals surface area contributed by atoms with Gasteiger partial charge in [-0.25, -0.2) is 17.8 Å². The van der Waals surface area contributed by atoms with E-state index in [0.717, 1.165) is 28.8 Å². The van der Waals surface area contributed by atoms with Gasteiger partial charge in [0.1, 0.15) is 5.82 Å². The number of nitrogens with one attached hydrogen (secondary N) is 1. The number of thiazole rings is 1. The van der Waals surface area contributed by atoms with Crippen molar-refractivity contribution in [2.24, 2.45) is 0 Å². The lowest BCUT2D eigenvalue weighted by Crippen LogP contribution is -2.12. The van der Waals surface area contributed by atoms with Crippen LogP contribution in [0.2, 0.25) is 5.02 Å². The summed E-state index contributed by atoms with van der Waals surface area (Å²) in [5, 5.41) is 0.0322. The van der Waals surface area contributed by atoms with Crippen molar-refractivity contribution in [3.8, 4) is 0 Å². The quantitative estimate of drug-likeness (QED) is 0.943. The number of halogens is 2. The summed E-state index contributed by atoms with van der Waals surface area (Å²) < 4.78 is 39.5. The molecule has 2 rings (SSSR count). The maximum Gasteiger partial charge on any atom is 0.263 e. The molecular formula is C11H10ClFN2O2S2. The third-order valence-corrected chi connectivity index (χ3v) is 5.20. The van der Waals surface area contributed by atoms with E-state index >= 15 is 0 Å². The average molecular weight is 321 g/mol. The molecule has 0 aliphatic heterocycles. The fourth-order valence-corrected chi connectivity index (χ4v) is 3.65. The lowest BCUT2D eigenvalue weighted by Gasteiger charge is -2.05. The van der Waals surface area contributed by atoms with Gasteiger partial charge in [0.15, 0.2) is 5.13 Å². The van der Waals surface area contributed by atoms with Crippen LogP contribution in [-0.4, -0.2) is 13.4 Å². The normalized spacial score (nSPS) is 11.6. The van der Waals surface area contributed by atoms with E-state index in [1.807, 2.05) is 6.92 Å². The first-order valence-corrected chi connectivity index (χ1v) is 7.89. The van der Waals surface area contributed by atoms with Gasteiger partial charge in [-0.05, 0) is 32.0 Å². The Balaban J connectivity index is 2.34. The van der Waals surface area contributed by atoms with E-state index in [-0.39, 0.29) is 15.0 Å². The fourth-order valence-electron chi connectivity index (χ4n) is 1.33. The van der Waals surface area contributed by atoms with Gasteiger partial charge < -0.3 is 0 Å². The zero-order valence-electron chi connectivity index (χ0n) is 10.1. The molecule has 0 saturated carbocycles. The van der Waals surface area contributed by atoms with Gasteiger partial charge in [-0.2, -0.15) is 0 Å². The van der Waals surface area contributed by atoms with Crippen LogP contribution in [0.15, 0.2) is 23.1 Å². The molecule has 2 aromatic rings. The number of hydrogen-bond acceptors (Lipinski definition) is 4. The minimum absolute atomic E-state index is 0.107. The first-order valence-electron chi connectivity index (χ1n) is 5.21. The van der Waals surface area contributed by atoms with Crippen LogP contribution in [-0.2, 0) is 10.0 Å². The topological polar surface area (TPSA) is 59.1 Å². The van der Waals surface area contributed by atoms with Crippen LogP contribution in [0.25, 0.3) is 0 Å². The van der Waals surface area contributed by atoms with Gasteiger partial charge in [-0.1, -0.05) is 11.6 Å². The van der Waals surface area contributed by atoms with E-state index in [2.05, 4.69) is 9.71 Å². The molecule has 0 bridgehead atoms. The summed E-state index contributed by atoms with van der Waals surface area (Å²) in [6, 6.07) is 3.22. The summed E-state index contributed by atoms with van der Waals surface area (Å²) in [6.45, 7) is 3.64. The van der Waals surface area contributed by atoms with Gasteiger partial charge in [0.2, 0.25) is 0 Å². The highest BCUT2D eigenvalue weighted by molar-refractivity contribution is 7.93. The molecule has 0 unspecified atom stereocenters. The second-order valence-electron chi connectivity index (χ2n) is 3.84. The number of benzene rings is 1. The molecule has 8 heteroatoms. The van der Waals surface area contributed by atoms with Gasteiger partial charge in [0.05, 0.1) is 15.6 Å². The largest absolute Gasteiger partial charge is 0.263 e. The summed E-state index contributed by atoms with van der Waals surface area (Å²) in [6.07, 6.45) is 0. The maximum atomic E-state index is 13.0. The number of anilines is 1. The Labute approximate surface area is 119 Å². The van der Waals surface area contributed by atoms with Crippen molar-refractivity contribution < 1.29 is 12.8 Å². The Bertz CT molecular complexity index is 709. The molecular weight excluding hydrogens is 311 g/mol. The third kappa shape index (κ3) is 3.05. The molecule has 0 spiro atoms. The number of sulfonamides is 1. The number of rotatable bonds is 3. The van der Waals surface area contributed by atoms with Crippen LogP contribution in [0.4, 0.5) is 9.52 Å². The molecule has 1 N–H and O–H groups in total. The van der Waals surface area contributed by atoms with Crippen LogP contribution in [0.3, 0.4) is 0 Å². The molecule has 0 atom stereocenters. The van der Waals surface area contributed by atoms with E-state index in [9.17, 15) is 12.8 Å². The van der Waals surface area contributed by atoms with Gasteiger partial charge in [-0.15, -0.1) is 11.3 Å². The third-order valence-electron chi connectivity index (χ3n) is 2.45. The molecule has 4 nitrogen and oxygen atoms in total. The molecule has 0 radical (unpaired) electrons. The SMILES string of the molecule is Cc1nc(NS(=O)(=O)c2ccc(F)c(Cl)c2)sc1C. The Morgan fingerprint density at radius 1 is 1.37 bits per heavy atom. The predicted molar refractivity (Wildman–Crippen MR) is 73.8 cm³/mol. The van der Waals surface area contributed by atoms with Crippen LogP contribution < -0.4 is 4.72 Å². The van der Waals surface area contributed by atoms with Crippen molar-refractivity contribution >= 4 is 38.1 Å². The molecule has 0 fully saturated rings. The monoisotopic (exact) mass is 320 g/mol. The Morgan fingerprint density at radius 2 is 2.05 bits per heavy atom. The maximum absolute atomic E-state index is 13.0. The van der Waals surface area contributed by atoms with Gasteiger partial charge >= 0.3 is 0 Å². The summed E-state index contributed by atoms with van der Waals surface area (Å²) in [4.78, 5) is 4.90. The summed E-state index contributed by atoms with van der Waals surface area (Å²) >= 11 is 6.81. The van der Waals surface area contributed by atoms with Crippen molar-refractivity contribution in [2.45, 2.75) is 18.7 Å². The molecule has 1 aromatic heterocycles. The standard InChI is InChI=1S/C11H10ClFN2O2S2/c1-6-7(2)18-11(14-6)15-19(16,17)8-3-4-10(13)9(12)5-8/h3-5H,1-2H3,(H,14,15). The molecule has 0 aliphatic rings. The van der Waals surface area contributed by atoms with Crippen LogP contribution in [0.1, 0.15) is 10.6 Å². The molecule has 1 heterocycles. The predicted octanol–water partition coefficient (Wildman–Crippen LogP) is 3.35. The molecule has 0 aliphatic carbocycles. The van der Waals surface area contributed by atoms with Gasteiger partial charge in [-0.3, -0.25) is 4.72 Å². The Hall–Kier alpha value is -1.18. The molecule has 1 aromatic carbocycles. The number of aromatic nitrogens is 1. The van der Waals surface area contributed by atoms with Crippen LogP contribution >= 0.6 is 22.9 Å². The molecule has 102 valence electrons. The highest BCUT2D eigenvalue weighted by atomic mass is 35.5. The second kappa shape index (κ2) is 5.07. The van der Waals surface area contributed by atoms with Gasteiger partial charge in [0.25, 0.3) is 10.0 Å². The number of hydrogen-bond donors (Lipinski definition) is 1. The van der Waals surface area contributed by atoms with E-state index in [4.69, 9.17) is 11.6 Å². The lowest BCUT2D eigenvalue weighted by molar-refractivity contribution is 0.599. The van der Waals surface area contributed by atoms with Crippen molar-refractivity contribution in [3.63, 3.8) is 0 Å². The minimum Gasteiger partial charge on any atom is -0.255 e. The molecule has 19 heavy (non-hydrogen) atoms. The highest BCUT2D eigenvalue weighted by Crippen LogP contribution is 2.25. The van der Waals surface area contributed by atoms with Gasteiger partial charge in [0, 0.05) is 4.88 Å². The average Bonchev–Trinajstić information content (AvgIpc) is 2.60. The van der Waals surface area contributed by atoms with E-state index in [1.165, 1.54) is 11.3 Å². The van der Waals surface area contributed by atoms with E-state index in [0.29, 0.717) is 0 Å². The van der Waals surface area contributed by atoms with Crippen molar-refractivity contribution in [1.82, 2.24) is 4.98 Å². The number of nitrogens with zero attached hydrogens (tertiary/aromatic N) is 1. The second-order valence-corrected chi connectivity index (χ2v) is 7.13. The number of aryl methyl sites for hydroxylation is 2. The molecule has 0 amide bonds. The van der Waals surface area contributed by atoms with Crippen LogP contribution in [0.5, 0.6) is 0 Å². The summed E-state index contributed by atoms with van der Waals surface area (Å²) in [7, 11) is -3.81. The summed E-state index contributed by atoms with van der Waals surface area (Å²) in [5.74, 6) is -0.665. The van der Waals surface area contributed by atoms with E-state index < -0.39 is 15.8 Å². The Kier molecular flexibility index (Phi) is 3.80. The molecule has 0 saturated heterocycles. The van der Waals surface area contributed by atoms with E-state index in [1.54, 1.807) is 6.92 Å². The lowest BCUT2D eigenvalue weighted by atomic mass is 10.3. The van der Waals surface area contributed by atoms with Crippen molar-refractivity contribution in [3.05, 3.63) is 39.6 Å².